The molecule has 0 bridgehead atoms. The molecule has 1 aromatic carbocycles. The van der Waals surface area contributed by atoms with E-state index in [0.29, 0.717) is 0 Å². The van der Waals surface area contributed by atoms with Crippen molar-refractivity contribution < 1.29 is 0 Å². The molecule has 0 unspecified atom stereocenters. The molecule has 0 radical (unpaired) electrons. The molecule has 1 aromatic heterocycles. The summed E-state index contributed by atoms with van der Waals surface area (Å²) >= 11 is 0. The van der Waals surface area contributed by atoms with E-state index in [-0.39, 0.29) is 0 Å². The van der Waals surface area contributed by atoms with Gasteiger partial charge in [-0.1, -0.05) is 25.1 Å². The number of para-hydroxylation sites is 1. The molecule has 0 atom stereocenters. The second-order valence-corrected chi connectivity index (χ2v) is 4.41. The average molecular weight is 230 g/mol. The van der Waals surface area contributed by atoms with Crippen molar-refractivity contribution in [2.45, 2.75) is 33.2 Å². The highest BCUT2D eigenvalue weighted by Gasteiger charge is 2.06. The van der Waals surface area contributed by atoms with E-state index in [1.807, 2.05) is 0 Å². The Morgan fingerprint density at radius 2 is 2.00 bits per heavy atom. The Labute approximate surface area is 104 Å². The van der Waals surface area contributed by atoms with E-state index in [1.54, 1.807) is 0 Å². The zero-order valence-corrected chi connectivity index (χ0v) is 10.9. The van der Waals surface area contributed by atoms with Gasteiger partial charge in [0.1, 0.15) is 0 Å². The Hall–Kier alpha value is -1.28. The van der Waals surface area contributed by atoms with E-state index >= 15 is 0 Å². The molecule has 92 valence electrons. The van der Waals surface area contributed by atoms with Crippen molar-refractivity contribution in [2.24, 2.45) is 0 Å². The standard InChI is InChI=1S/C15H22N2/c1-3-16-11-7-8-13-12-17(4-2)15-10-6-5-9-14(13)15/h5-6,9-10,12,16H,3-4,7-8,11H2,1-2H3. The molecule has 0 saturated carbocycles. The van der Waals surface area contributed by atoms with Gasteiger partial charge in [-0.3, -0.25) is 0 Å². The first-order valence-electron chi connectivity index (χ1n) is 6.64. The van der Waals surface area contributed by atoms with Crippen LogP contribution in [-0.2, 0) is 13.0 Å². The molecule has 2 heteroatoms. The fourth-order valence-electron chi connectivity index (χ4n) is 2.36. The van der Waals surface area contributed by atoms with Gasteiger partial charge in [-0.05, 0) is 44.5 Å². The van der Waals surface area contributed by atoms with Gasteiger partial charge in [-0.15, -0.1) is 0 Å². The number of aryl methyl sites for hydroxylation is 2. The number of nitrogens with one attached hydrogen (secondary N) is 1. The molecule has 2 rings (SSSR count). The molecular weight excluding hydrogens is 208 g/mol. The first-order chi connectivity index (χ1) is 8.36. The van der Waals surface area contributed by atoms with Crippen LogP contribution in [0.2, 0.25) is 0 Å². The third kappa shape index (κ3) is 2.70. The van der Waals surface area contributed by atoms with Crippen molar-refractivity contribution in [3.63, 3.8) is 0 Å². The summed E-state index contributed by atoms with van der Waals surface area (Å²) in [5.74, 6) is 0. The average Bonchev–Trinajstić information content (AvgIpc) is 2.73. The summed E-state index contributed by atoms with van der Waals surface area (Å²) in [7, 11) is 0. The van der Waals surface area contributed by atoms with Crippen LogP contribution in [0, 0.1) is 0 Å². The summed E-state index contributed by atoms with van der Waals surface area (Å²) in [5, 5.41) is 4.80. The third-order valence-electron chi connectivity index (χ3n) is 3.26. The Bertz CT molecular complexity index is 471. The number of hydrogen-bond acceptors (Lipinski definition) is 1. The Morgan fingerprint density at radius 3 is 2.76 bits per heavy atom. The lowest BCUT2D eigenvalue weighted by Gasteiger charge is -2.00. The van der Waals surface area contributed by atoms with Gasteiger partial charge in [0.15, 0.2) is 0 Å². The van der Waals surface area contributed by atoms with Gasteiger partial charge in [0, 0.05) is 23.6 Å². The highest BCUT2D eigenvalue weighted by atomic mass is 14.9. The minimum atomic E-state index is 1.05. The molecule has 17 heavy (non-hydrogen) atoms. The topological polar surface area (TPSA) is 17.0 Å². The van der Waals surface area contributed by atoms with Crippen LogP contribution in [0.4, 0.5) is 0 Å². The van der Waals surface area contributed by atoms with Gasteiger partial charge in [-0.25, -0.2) is 0 Å². The van der Waals surface area contributed by atoms with Crippen molar-refractivity contribution in [1.82, 2.24) is 9.88 Å². The van der Waals surface area contributed by atoms with Gasteiger partial charge in [-0.2, -0.15) is 0 Å². The number of nitrogens with zero attached hydrogens (tertiary/aromatic N) is 1. The quantitative estimate of drug-likeness (QED) is 0.754. The summed E-state index contributed by atoms with van der Waals surface area (Å²) in [5.41, 5.74) is 2.86. The largest absolute Gasteiger partial charge is 0.347 e. The second-order valence-electron chi connectivity index (χ2n) is 4.41. The second kappa shape index (κ2) is 5.87. The van der Waals surface area contributed by atoms with Gasteiger partial charge >= 0.3 is 0 Å². The molecule has 1 N–H and O–H groups in total. The summed E-state index contributed by atoms with van der Waals surface area (Å²) in [4.78, 5) is 0. The number of hydrogen-bond donors (Lipinski definition) is 1. The molecule has 2 nitrogen and oxygen atoms in total. The molecule has 0 aliphatic carbocycles. The number of rotatable bonds is 6. The van der Waals surface area contributed by atoms with Crippen molar-refractivity contribution in [3.8, 4) is 0 Å². The van der Waals surface area contributed by atoms with Crippen LogP contribution in [0.25, 0.3) is 10.9 Å². The normalized spacial score (nSPS) is 11.2. The minimum Gasteiger partial charge on any atom is -0.347 e. The maximum Gasteiger partial charge on any atom is 0.0483 e. The Kier molecular flexibility index (Phi) is 4.21. The maximum absolute atomic E-state index is 3.38. The molecule has 1 heterocycles. The summed E-state index contributed by atoms with van der Waals surface area (Å²) in [6, 6.07) is 8.71. The predicted molar refractivity (Wildman–Crippen MR) is 74.5 cm³/mol. The van der Waals surface area contributed by atoms with Crippen LogP contribution >= 0.6 is 0 Å². The highest BCUT2D eigenvalue weighted by molar-refractivity contribution is 5.83. The van der Waals surface area contributed by atoms with E-state index in [9.17, 15) is 0 Å². The Morgan fingerprint density at radius 1 is 1.18 bits per heavy atom. The van der Waals surface area contributed by atoms with Crippen molar-refractivity contribution in [3.05, 3.63) is 36.0 Å². The van der Waals surface area contributed by atoms with Crippen molar-refractivity contribution >= 4 is 10.9 Å². The third-order valence-corrected chi connectivity index (χ3v) is 3.26. The van der Waals surface area contributed by atoms with Crippen LogP contribution in [0.3, 0.4) is 0 Å². The van der Waals surface area contributed by atoms with E-state index in [4.69, 9.17) is 0 Å². The van der Waals surface area contributed by atoms with Gasteiger partial charge in [0.25, 0.3) is 0 Å². The van der Waals surface area contributed by atoms with Gasteiger partial charge < -0.3 is 9.88 Å². The fraction of sp³-hybridized carbons (Fsp3) is 0.467. The monoisotopic (exact) mass is 230 g/mol. The summed E-state index contributed by atoms with van der Waals surface area (Å²) in [6.07, 6.45) is 4.70. The lowest BCUT2D eigenvalue weighted by molar-refractivity contribution is 0.672. The molecule has 0 saturated heterocycles. The number of benzene rings is 1. The molecule has 0 aliphatic rings. The lowest BCUT2D eigenvalue weighted by atomic mass is 10.1. The molecular formula is C15H22N2. The highest BCUT2D eigenvalue weighted by Crippen LogP contribution is 2.22. The molecule has 0 amide bonds. The zero-order chi connectivity index (χ0) is 12.1. The van der Waals surface area contributed by atoms with Crippen LogP contribution in [0.5, 0.6) is 0 Å². The fourth-order valence-corrected chi connectivity index (χ4v) is 2.36. The number of fused-ring (bicyclic) bond motifs is 1. The lowest BCUT2D eigenvalue weighted by Crippen LogP contribution is -2.14. The first-order valence-corrected chi connectivity index (χ1v) is 6.64. The summed E-state index contributed by atoms with van der Waals surface area (Å²) in [6.45, 7) is 7.59. The van der Waals surface area contributed by atoms with Gasteiger partial charge in [0.2, 0.25) is 0 Å². The first kappa shape index (κ1) is 12.2. The Balaban J connectivity index is 2.16. The van der Waals surface area contributed by atoms with E-state index in [0.717, 1.165) is 19.6 Å². The van der Waals surface area contributed by atoms with Crippen LogP contribution in [0.1, 0.15) is 25.8 Å². The number of aromatic nitrogens is 1. The van der Waals surface area contributed by atoms with E-state index < -0.39 is 0 Å². The SMILES string of the molecule is CCNCCCc1cn(CC)c2ccccc12. The van der Waals surface area contributed by atoms with Crippen molar-refractivity contribution in [2.75, 3.05) is 13.1 Å². The van der Waals surface area contributed by atoms with Crippen molar-refractivity contribution in [1.29, 1.82) is 0 Å². The van der Waals surface area contributed by atoms with E-state index in [1.165, 1.54) is 29.3 Å². The zero-order valence-electron chi connectivity index (χ0n) is 10.9. The molecule has 2 aromatic rings. The minimum absolute atomic E-state index is 1.05. The maximum atomic E-state index is 3.38. The summed E-state index contributed by atoms with van der Waals surface area (Å²) < 4.78 is 2.35. The molecule has 0 aliphatic heterocycles. The molecule has 0 spiro atoms. The van der Waals surface area contributed by atoms with Crippen LogP contribution < -0.4 is 5.32 Å². The van der Waals surface area contributed by atoms with Crippen LogP contribution in [-0.4, -0.2) is 17.7 Å². The molecule has 0 fully saturated rings. The predicted octanol–water partition coefficient (Wildman–Crippen LogP) is 3.20. The van der Waals surface area contributed by atoms with E-state index in [2.05, 4.69) is 54.2 Å². The van der Waals surface area contributed by atoms with Crippen LogP contribution in [0.15, 0.2) is 30.5 Å². The smallest absolute Gasteiger partial charge is 0.0483 e. The van der Waals surface area contributed by atoms with Gasteiger partial charge in [0.05, 0.1) is 0 Å².